The Morgan fingerprint density at radius 2 is 1.83 bits per heavy atom. The van der Waals surface area contributed by atoms with Crippen LogP contribution in [0.4, 0.5) is 19.0 Å². The number of anilines is 1. The molecule has 0 radical (unpaired) electrons. The number of phenols is 1. The van der Waals surface area contributed by atoms with Gasteiger partial charge in [-0.1, -0.05) is 12.8 Å². The number of hydrogen-bond donors (Lipinski definition) is 2. The van der Waals surface area contributed by atoms with Gasteiger partial charge in [-0.2, -0.15) is 0 Å². The van der Waals surface area contributed by atoms with Gasteiger partial charge in [-0.3, -0.25) is 0 Å². The Balaban J connectivity index is 1.79. The molecule has 0 aliphatic heterocycles. The zero-order valence-electron chi connectivity index (χ0n) is 12.7. The normalized spacial score (nSPS) is 15.5. The Bertz CT molecular complexity index is 699. The van der Waals surface area contributed by atoms with Gasteiger partial charge in [0.15, 0.2) is 0 Å². The van der Waals surface area contributed by atoms with E-state index in [0.29, 0.717) is 11.9 Å². The van der Waals surface area contributed by atoms with E-state index in [0.717, 1.165) is 31.0 Å². The van der Waals surface area contributed by atoms with Crippen LogP contribution < -0.4 is 10.1 Å². The van der Waals surface area contributed by atoms with Crippen LogP contribution in [-0.2, 0) is 0 Å². The molecule has 0 saturated heterocycles. The average Bonchev–Trinajstić information content (AvgIpc) is 3.02. The summed E-state index contributed by atoms with van der Waals surface area (Å²) in [6, 6.07) is 6.91. The van der Waals surface area contributed by atoms with E-state index in [1.807, 2.05) is 0 Å². The van der Waals surface area contributed by atoms with Crippen molar-refractivity contribution in [3.63, 3.8) is 0 Å². The van der Waals surface area contributed by atoms with Crippen LogP contribution in [-0.4, -0.2) is 27.7 Å². The lowest BCUT2D eigenvalue weighted by atomic mass is 10.1. The highest BCUT2D eigenvalue weighted by atomic mass is 19.4. The summed E-state index contributed by atoms with van der Waals surface area (Å²) in [4.78, 5) is 0. The Labute approximate surface area is 136 Å². The number of hydrogen-bond acceptors (Lipinski definition) is 5. The quantitative estimate of drug-likeness (QED) is 0.878. The lowest BCUT2D eigenvalue weighted by Gasteiger charge is -2.13. The highest BCUT2D eigenvalue weighted by Gasteiger charge is 2.31. The monoisotopic (exact) mass is 339 g/mol. The highest BCUT2D eigenvalue weighted by Crippen LogP contribution is 2.33. The summed E-state index contributed by atoms with van der Waals surface area (Å²) in [7, 11) is 0. The Morgan fingerprint density at radius 3 is 2.46 bits per heavy atom. The van der Waals surface area contributed by atoms with E-state index in [9.17, 15) is 18.3 Å². The fourth-order valence-corrected chi connectivity index (χ4v) is 2.75. The second kappa shape index (κ2) is 6.54. The molecule has 1 aliphatic carbocycles. The summed E-state index contributed by atoms with van der Waals surface area (Å²) >= 11 is 0. The van der Waals surface area contributed by atoms with E-state index in [1.165, 1.54) is 12.8 Å². The molecule has 1 saturated carbocycles. The molecule has 1 aromatic heterocycles. The van der Waals surface area contributed by atoms with Crippen molar-refractivity contribution in [3.05, 3.63) is 30.3 Å². The third-order valence-corrected chi connectivity index (χ3v) is 3.85. The van der Waals surface area contributed by atoms with Gasteiger partial charge in [-0.15, -0.1) is 23.4 Å². The van der Waals surface area contributed by atoms with Gasteiger partial charge in [0.2, 0.25) is 0 Å². The van der Waals surface area contributed by atoms with Gasteiger partial charge >= 0.3 is 6.36 Å². The van der Waals surface area contributed by atoms with Crippen LogP contribution in [0.25, 0.3) is 11.3 Å². The first kappa shape index (κ1) is 16.4. The van der Waals surface area contributed by atoms with E-state index in [-0.39, 0.29) is 17.0 Å². The molecular formula is C16H16F3N3O2. The van der Waals surface area contributed by atoms with Crippen LogP contribution in [0.1, 0.15) is 25.7 Å². The Hall–Kier alpha value is -2.51. The fourth-order valence-electron chi connectivity index (χ4n) is 2.75. The lowest BCUT2D eigenvalue weighted by molar-refractivity contribution is -0.274. The standard InChI is InChI=1S/C16H16F3N3O2/c17-16(18,19)24-11-5-7-14(23)12(9-11)13-6-8-15(22-21-13)20-10-3-1-2-4-10/h5-10,23H,1-4H2,(H,20,22). The van der Waals surface area contributed by atoms with Crippen molar-refractivity contribution in [3.8, 4) is 22.8 Å². The molecule has 3 rings (SSSR count). The van der Waals surface area contributed by atoms with E-state index < -0.39 is 12.1 Å². The first-order valence-electron chi connectivity index (χ1n) is 7.60. The number of aromatic hydroxyl groups is 1. The molecule has 2 N–H and O–H groups in total. The maximum atomic E-state index is 12.3. The molecule has 1 aliphatic rings. The molecule has 2 aromatic rings. The van der Waals surface area contributed by atoms with Crippen molar-refractivity contribution in [2.24, 2.45) is 0 Å². The molecule has 24 heavy (non-hydrogen) atoms. The van der Waals surface area contributed by atoms with Gasteiger partial charge in [-0.25, -0.2) is 0 Å². The average molecular weight is 339 g/mol. The summed E-state index contributed by atoms with van der Waals surface area (Å²) in [5.41, 5.74) is 0.383. The number of nitrogens with zero attached hydrogens (tertiary/aromatic N) is 2. The number of ether oxygens (including phenoxy) is 1. The van der Waals surface area contributed by atoms with Crippen LogP contribution in [0.3, 0.4) is 0 Å². The zero-order chi connectivity index (χ0) is 17.2. The van der Waals surface area contributed by atoms with E-state index in [2.05, 4.69) is 20.3 Å². The first-order chi connectivity index (χ1) is 11.4. The molecular weight excluding hydrogens is 323 g/mol. The molecule has 1 heterocycles. The van der Waals surface area contributed by atoms with E-state index in [1.54, 1.807) is 12.1 Å². The minimum Gasteiger partial charge on any atom is -0.507 e. The molecule has 0 bridgehead atoms. The van der Waals surface area contributed by atoms with Crippen LogP contribution in [0.15, 0.2) is 30.3 Å². The van der Waals surface area contributed by atoms with Gasteiger partial charge in [0.25, 0.3) is 0 Å². The molecule has 8 heteroatoms. The van der Waals surface area contributed by atoms with Gasteiger partial charge in [0.05, 0.1) is 5.69 Å². The maximum absolute atomic E-state index is 12.3. The van der Waals surface area contributed by atoms with Crippen LogP contribution in [0.5, 0.6) is 11.5 Å². The van der Waals surface area contributed by atoms with Gasteiger partial charge < -0.3 is 15.2 Å². The topological polar surface area (TPSA) is 67.3 Å². The summed E-state index contributed by atoms with van der Waals surface area (Å²) < 4.78 is 40.8. The third-order valence-electron chi connectivity index (χ3n) is 3.85. The van der Waals surface area contributed by atoms with E-state index in [4.69, 9.17) is 0 Å². The molecule has 1 fully saturated rings. The Kier molecular flexibility index (Phi) is 4.46. The summed E-state index contributed by atoms with van der Waals surface area (Å²) in [6.07, 6.45) is -0.261. The molecule has 1 aromatic carbocycles. The van der Waals surface area contributed by atoms with Gasteiger partial charge in [0, 0.05) is 11.6 Å². The van der Waals surface area contributed by atoms with Crippen molar-refractivity contribution in [2.45, 2.75) is 38.1 Å². The van der Waals surface area contributed by atoms with Crippen molar-refractivity contribution < 1.29 is 23.0 Å². The molecule has 0 atom stereocenters. The van der Waals surface area contributed by atoms with Crippen molar-refractivity contribution in [1.29, 1.82) is 0 Å². The highest BCUT2D eigenvalue weighted by molar-refractivity contribution is 5.68. The predicted octanol–water partition coefficient (Wildman–Crippen LogP) is 4.10. The van der Waals surface area contributed by atoms with Gasteiger partial charge in [-0.05, 0) is 43.2 Å². The SMILES string of the molecule is Oc1ccc(OC(F)(F)F)cc1-c1ccc(NC2CCCC2)nn1. The van der Waals surface area contributed by atoms with Crippen molar-refractivity contribution in [1.82, 2.24) is 10.2 Å². The third kappa shape index (κ3) is 4.06. The Morgan fingerprint density at radius 1 is 1.08 bits per heavy atom. The zero-order valence-corrected chi connectivity index (χ0v) is 12.7. The number of benzene rings is 1. The molecule has 0 unspecified atom stereocenters. The lowest BCUT2D eigenvalue weighted by Crippen LogP contribution is -2.17. The first-order valence-corrected chi connectivity index (χ1v) is 7.60. The molecule has 0 spiro atoms. The van der Waals surface area contributed by atoms with E-state index >= 15 is 0 Å². The second-order valence-corrected chi connectivity index (χ2v) is 5.66. The largest absolute Gasteiger partial charge is 0.573 e. The second-order valence-electron chi connectivity index (χ2n) is 5.66. The van der Waals surface area contributed by atoms with Gasteiger partial charge in [0.1, 0.15) is 17.3 Å². The molecule has 128 valence electrons. The summed E-state index contributed by atoms with van der Waals surface area (Å²) in [5.74, 6) is -0.0200. The summed E-state index contributed by atoms with van der Waals surface area (Å²) in [6.45, 7) is 0. The minimum atomic E-state index is -4.80. The van der Waals surface area contributed by atoms with Crippen LogP contribution in [0, 0.1) is 0 Å². The minimum absolute atomic E-state index is 0.122. The maximum Gasteiger partial charge on any atom is 0.573 e. The number of halogens is 3. The van der Waals surface area contributed by atoms with Crippen molar-refractivity contribution in [2.75, 3.05) is 5.32 Å². The van der Waals surface area contributed by atoms with Crippen LogP contribution >= 0.6 is 0 Å². The smallest absolute Gasteiger partial charge is 0.507 e. The summed E-state index contributed by atoms with van der Waals surface area (Å²) in [5, 5.41) is 21.1. The number of alkyl halides is 3. The predicted molar refractivity (Wildman–Crippen MR) is 81.7 cm³/mol. The molecule has 0 amide bonds. The van der Waals surface area contributed by atoms with Crippen LogP contribution in [0.2, 0.25) is 0 Å². The number of nitrogens with one attached hydrogen (secondary N) is 1. The van der Waals surface area contributed by atoms with Crippen molar-refractivity contribution >= 4 is 5.82 Å². The number of aromatic nitrogens is 2. The number of phenolic OH excluding ortho intramolecular Hbond substituents is 1. The fraction of sp³-hybridized carbons (Fsp3) is 0.375. The molecule has 5 nitrogen and oxygen atoms in total. The number of rotatable bonds is 4.